The summed E-state index contributed by atoms with van der Waals surface area (Å²) in [4.78, 5) is -0.0457. The van der Waals surface area contributed by atoms with Gasteiger partial charge in [0.15, 0.2) is 0 Å². The summed E-state index contributed by atoms with van der Waals surface area (Å²) in [7, 11) is -4.13. The zero-order valence-electron chi connectivity index (χ0n) is 11.2. The Balaban J connectivity index is -0.000000562. The molecule has 0 bridgehead atoms. The first-order valence-corrected chi connectivity index (χ1v) is 5.48. The minimum Gasteiger partial charge on any atom is -1.00 e. The molecule has 0 aliphatic rings. The summed E-state index contributed by atoms with van der Waals surface area (Å²) in [6, 6.07) is 11.8. The topological polar surface area (TPSA) is 54.4 Å². The molecule has 3 nitrogen and oxygen atoms in total. The number of fused-ring (bicyclic) bond motifs is 1. The van der Waals surface area contributed by atoms with E-state index >= 15 is 0 Å². The molecule has 0 radical (unpaired) electrons. The molecule has 0 unspecified atom stereocenters. The smallest absolute Gasteiger partial charge is 1.00 e. The molecular formula is C10H10KNaO3S. The van der Waals surface area contributed by atoms with E-state index in [0.29, 0.717) is 5.39 Å². The van der Waals surface area contributed by atoms with Gasteiger partial charge in [-0.1, -0.05) is 36.4 Å². The Bertz CT molecular complexity index is 587. The summed E-state index contributed by atoms with van der Waals surface area (Å²) < 4.78 is 31.0. The number of hydrogen-bond acceptors (Lipinski definition) is 2. The quantitative estimate of drug-likeness (QED) is 0.430. The standard InChI is InChI=1S/C10H8O3S.K.Na.2H/c11-14(12,13)10-7-3-5-8-4-1-2-6-9(8)10;;;;/h1-7H,(H,11,12,13);;;;/q;2*+1;2*-1. The van der Waals surface area contributed by atoms with Crippen molar-refractivity contribution < 1.29 is 96.8 Å². The molecule has 0 atom stereocenters. The molecule has 0 aromatic heterocycles. The van der Waals surface area contributed by atoms with Crippen LogP contribution in [-0.4, -0.2) is 13.0 Å². The van der Waals surface area contributed by atoms with Crippen LogP contribution in [0.2, 0.25) is 0 Å². The van der Waals surface area contributed by atoms with Gasteiger partial charge in [0.1, 0.15) is 4.90 Å². The van der Waals surface area contributed by atoms with Crippen molar-refractivity contribution >= 4 is 20.9 Å². The Kier molecular flexibility index (Phi) is 7.53. The Hall–Kier alpha value is 1.25. The van der Waals surface area contributed by atoms with E-state index in [1.165, 1.54) is 6.07 Å². The Labute approximate surface area is 162 Å². The third kappa shape index (κ3) is 3.88. The fourth-order valence-corrected chi connectivity index (χ4v) is 2.13. The molecule has 0 aliphatic carbocycles. The molecule has 6 heteroatoms. The van der Waals surface area contributed by atoms with Crippen molar-refractivity contribution in [1.29, 1.82) is 0 Å². The van der Waals surface area contributed by atoms with Gasteiger partial charge in [-0.2, -0.15) is 8.42 Å². The predicted molar refractivity (Wildman–Crippen MR) is 56.0 cm³/mol. The largest absolute Gasteiger partial charge is 1.00 e. The first kappa shape index (κ1) is 17.2. The molecule has 0 fully saturated rings. The molecule has 2 rings (SSSR count). The van der Waals surface area contributed by atoms with Crippen molar-refractivity contribution in [2.24, 2.45) is 0 Å². The molecule has 0 aliphatic heterocycles. The van der Waals surface area contributed by atoms with E-state index in [1.807, 2.05) is 6.07 Å². The fraction of sp³-hybridized carbons (Fsp3) is 0. The number of benzene rings is 2. The Morgan fingerprint density at radius 1 is 1.00 bits per heavy atom. The summed E-state index contributed by atoms with van der Waals surface area (Å²) in [5.41, 5.74) is 0. The van der Waals surface area contributed by atoms with Gasteiger partial charge in [0.2, 0.25) is 0 Å². The minimum atomic E-state index is -4.13. The average molecular weight is 272 g/mol. The van der Waals surface area contributed by atoms with E-state index in [9.17, 15) is 8.42 Å². The van der Waals surface area contributed by atoms with Crippen LogP contribution >= 0.6 is 0 Å². The van der Waals surface area contributed by atoms with E-state index in [4.69, 9.17) is 4.55 Å². The maximum atomic E-state index is 11.0. The third-order valence-corrected chi connectivity index (χ3v) is 2.94. The SMILES string of the molecule is O=S(=O)(O)c1cccc2ccccc12.[H-].[H-].[K+].[Na+]. The van der Waals surface area contributed by atoms with Gasteiger partial charge in [0, 0.05) is 5.39 Å². The monoisotopic (exact) mass is 272 g/mol. The van der Waals surface area contributed by atoms with Crippen molar-refractivity contribution in [2.45, 2.75) is 4.90 Å². The zero-order chi connectivity index (χ0) is 10.2. The summed E-state index contributed by atoms with van der Waals surface area (Å²) in [5, 5.41) is 1.33. The second kappa shape index (κ2) is 6.99. The Morgan fingerprint density at radius 2 is 1.56 bits per heavy atom. The zero-order valence-corrected chi connectivity index (χ0v) is 15.2. The van der Waals surface area contributed by atoms with Crippen molar-refractivity contribution in [3.63, 3.8) is 0 Å². The first-order chi connectivity index (χ1) is 6.59. The van der Waals surface area contributed by atoms with Crippen molar-refractivity contribution in [1.82, 2.24) is 0 Å². The summed E-state index contributed by atoms with van der Waals surface area (Å²) >= 11 is 0. The van der Waals surface area contributed by atoms with Gasteiger partial charge in [0.25, 0.3) is 10.1 Å². The molecule has 0 amide bonds. The summed E-state index contributed by atoms with van der Waals surface area (Å²) in [6.45, 7) is 0. The van der Waals surface area contributed by atoms with Gasteiger partial charge in [-0.25, -0.2) is 0 Å². The minimum absolute atomic E-state index is 0. The van der Waals surface area contributed by atoms with E-state index in [0.717, 1.165) is 5.39 Å². The Morgan fingerprint density at radius 3 is 2.19 bits per heavy atom. The van der Waals surface area contributed by atoms with Crippen LogP contribution in [0.5, 0.6) is 0 Å². The fourth-order valence-electron chi connectivity index (χ4n) is 1.42. The molecule has 76 valence electrons. The second-order valence-electron chi connectivity index (χ2n) is 2.95. The van der Waals surface area contributed by atoms with Crippen LogP contribution in [0, 0.1) is 0 Å². The van der Waals surface area contributed by atoms with Gasteiger partial charge in [0.05, 0.1) is 0 Å². The van der Waals surface area contributed by atoms with Crippen molar-refractivity contribution in [2.75, 3.05) is 0 Å². The van der Waals surface area contributed by atoms with E-state index in [1.54, 1.807) is 30.3 Å². The van der Waals surface area contributed by atoms with Crippen molar-refractivity contribution in [3.8, 4) is 0 Å². The maximum Gasteiger partial charge on any atom is 1.00 e. The van der Waals surface area contributed by atoms with E-state index in [2.05, 4.69) is 0 Å². The molecule has 2 aromatic rings. The van der Waals surface area contributed by atoms with Crippen LogP contribution < -0.4 is 80.9 Å². The first-order valence-electron chi connectivity index (χ1n) is 4.04. The van der Waals surface area contributed by atoms with Crippen LogP contribution in [0.25, 0.3) is 10.8 Å². The summed E-state index contributed by atoms with van der Waals surface area (Å²) in [6.07, 6.45) is 0. The van der Waals surface area contributed by atoms with E-state index < -0.39 is 10.1 Å². The average Bonchev–Trinajstić information content (AvgIpc) is 2.15. The third-order valence-electron chi connectivity index (χ3n) is 2.03. The summed E-state index contributed by atoms with van der Waals surface area (Å²) in [5.74, 6) is 0. The van der Waals surface area contributed by atoms with Crippen LogP contribution in [0.15, 0.2) is 47.4 Å². The number of rotatable bonds is 1. The van der Waals surface area contributed by atoms with Gasteiger partial charge in [-0.05, 0) is 11.5 Å². The molecule has 2 aromatic carbocycles. The van der Waals surface area contributed by atoms with Gasteiger partial charge in [-0.3, -0.25) is 4.55 Å². The molecular weight excluding hydrogens is 262 g/mol. The number of hydrogen-bond donors (Lipinski definition) is 1. The van der Waals surface area contributed by atoms with E-state index in [-0.39, 0.29) is 88.7 Å². The van der Waals surface area contributed by atoms with Gasteiger partial charge >= 0.3 is 80.9 Å². The molecule has 0 saturated carbocycles. The van der Waals surface area contributed by atoms with Crippen LogP contribution in [0.4, 0.5) is 0 Å². The van der Waals surface area contributed by atoms with Crippen LogP contribution in [0.1, 0.15) is 2.85 Å². The maximum absolute atomic E-state index is 11.0. The van der Waals surface area contributed by atoms with Crippen molar-refractivity contribution in [3.05, 3.63) is 42.5 Å². The molecule has 0 spiro atoms. The second-order valence-corrected chi connectivity index (χ2v) is 4.34. The predicted octanol–water partition coefficient (Wildman–Crippen LogP) is -3.68. The van der Waals surface area contributed by atoms with Gasteiger partial charge in [-0.15, -0.1) is 0 Å². The van der Waals surface area contributed by atoms with Gasteiger partial charge < -0.3 is 2.85 Å². The normalized spacial score (nSPS) is 10.3. The molecule has 1 N–H and O–H groups in total. The van der Waals surface area contributed by atoms with Crippen LogP contribution in [0.3, 0.4) is 0 Å². The van der Waals surface area contributed by atoms with Crippen LogP contribution in [-0.2, 0) is 10.1 Å². The molecule has 0 saturated heterocycles. The molecule has 0 heterocycles. The molecule has 16 heavy (non-hydrogen) atoms.